The van der Waals surface area contributed by atoms with Crippen molar-refractivity contribution < 1.29 is 22.7 Å². The van der Waals surface area contributed by atoms with Crippen molar-refractivity contribution in [1.82, 2.24) is 4.98 Å². The zero-order chi connectivity index (χ0) is 14.8. The van der Waals surface area contributed by atoms with Gasteiger partial charge in [-0.05, 0) is 19.1 Å². The molecule has 2 rings (SSSR count). The number of thiazole rings is 1. The molecule has 1 aromatic heterocycles. The van der Waals surface area contributed by atoms with Gasteiger partial charge in [0, 0.05) is 10.9 Å². The Morgan fingerprint density at radius 2 is 2.15 bits per heavy atom. The Morgan fingerprint density at radius 1 is 1.40 bits per heavy atom. The molecule has 0 aliphatic heterocycles. The molecule has 1 aromatic carbocycles. The minimum absolute atomic E-state index is 0.0554. The number of hydrogen-bond donors (Lipinski definition) is 0. The highest BCUT2D eigenvalue weighted by molar-refractivity contribution is 7.09. The number of ether oxygens (including phenoxy) is 1. The molecule has 0 bridgehead atoms. The van der Waals surface area contributed by atoms with Gasteiger partial charge in [-0.15, -0.1) is 24.5 Å². The van der Waals surface area contributed by atoms with E-state index in [1.165, 1.54) is 23.5 Å². The Hall–Kier alpha value is -1.89. The number of rotatable bonds is 4. The van der Waals surface area contributed by atoms with Crippen molar-refractivity contribution in [3.8, 4) is 5.75 Å². The van der Waals surface area contributed by atoms with Crippen LogP contribution in [0.25, 0.3) is 0 Å². The smallest absolute Gasteiger partial charge is 0.406 e. The molecule has 106 valence electrons. The predicted molar refractivity (Wildman–Crippen MR) is 68.0 cm³/mol. The maximum atomic E-state index is 12.1. The summed E-state index contributed by atoms with van der Waals surface area (Å²) in [5.41, 5.74) is 0.775. The summed E-state index contributed by atoms with van der Waals surface area (Å²) in [6.45, 7) is 1.82. The number of nitrogens with zero attached hydrogens (tertiary/aromatic N) is 1. The molecule has 7 heteroatoms. The third kappa shape index (κ3) is 4.06. The van der Waals surface area contributed by atoms with Crippen molar-refractivity contribution in [3.05, 3.63) is 45.9 Å². The van der Waals surface area contributed by atoms with Gasteiger partial charge in [-0.25, -0.2) is 4.98 Å². The van der Waals surface area contributed by atoms with Gasteiger partial charge in [0.1, 0.15) is 5.75 Å². The maximum Gasteiger partial charge on any atom is 0.573 e. The van der Waals surface area contributed by atoms with Crippen LogP contribution in [0.5, 0.6) is 5.75 Å². The summed E-state index contributed by atoms with van der Waals surface area (Å²) in [7, 11) is 0. The third-order valence-corrected chi connectivity index (χ3v) is 3.22. The number of carbonyl (C=O) groups is 1. The summed E-state index contributed by atoms with van der Waals surface area (Å²) in [5, 5.41) is 2.59. The molecule has 0 unspecified atom stereocenters. The Balaban J connectivity index is 2.12. The monoisotopic (exact) mass is 301 g/mol. The highest BCUT2D eigenvalue weighted by Gasteiger charge is 2.31. The summed E-state index contributed by atoms with van der Waals surface area (Å²) in [6, 6.07) is 5.03. The second-order valence-corrected chi connectivity index (χ2v) is 5.10. The second-order valence-electron chi connectivity index (χ2n) is 4.03. The van der Waals surface area contributed by atoms with Crippen molar-refractivity contribution in [2.45, 2.75) is 19.7 Å². The van der Waals surface area contributed by atoms with E-state index in [4.69, 9.17) is 0 Å². The van der Waals surface area contributed by atoms with Crippen LogP contribution in [-0.2, 0) is 6.42 Å². The number of alkyl halides is 3. The van der Waals surface area contributed by atoms with Crippen LogP contribution in [0.15, 0.2) is 29.6 Å². The van der Waals surface area contributed by atoms with Crippen LogP contribution in [-0.4, -0.2) is 17.1 Å². The number of aryl methyl sites for hydroxylation is 1. The van der Waals surface area contributed by atoms with Crippen molar-refractivity contribution in [2.24, 2.45) is 0 Å². The van der Waals surface area contributed by atoms with E-state index in [2.05, 4.69) is 9.72 Å². The first-order chi connectivity index (χ1) is 9.33. The Labute approximate surface area is 117 Å². The van der Waals surface area contributed by atoms with E-state index in [0.717, 1.165) is 17.1 Å². The van der Waals surface area contributed by atoms with Crippen LogP contribution in [0.2, 0.25) is 0 Å². The van der Waals surface area contributed by atoms with Crippen LogP contribution in [0.4, 0.5) is 13.2 Å². The number of halogens is 3. The summed E-state index contributed by atoms with van der Waals surface area (Å²) < 4.78 is 40.1. The fourth-order valence-electron chi connectivity index (χ4n) is 1.62. The molecular formula is C13H10F3NO2S. The maximum absolute atomic E-state index is 12.1. The number of hydrogen-bond acceptors (Lipinski definition) is 4. The summed E-state index contributed by atoms with van der Waals surface area (Å²) in [6.07, 6.45) is -4.71. The van der Waals surface area contributed by atoms with Crippen molar-refractivity contribution in [1.29, 1.82) is 0 Å². The van der Waals surface area contributed by atoms with Crippen molar-refractivity contribution in [2.75, 3.05) is 0 Å². The topological polar surface area (TPSA) is 39.2 Å². The van der Waals surface area contributed by atoms with E-state index in [-0.39, 0.29) is 17.8 Å². The Morgan fingerprint density at radius 3 is 2.75 bits per heavy atom. The van der Waals surface area contributed by atoms with E-state index in [0.29, 0.717) is 5.69 Å². The zero-order valence-electron chi connectivity index (χ0n) is 10.4. The van der Waals surface area contributed by atoms with Crippen molar-refractivity contribution in [3.63, 3.8) is 0 Å². The normalized spacial score (nSPS) is 11.4. The highest BCUT2D eigenvalue weighted by atomic mass is 32.1. The fourth-order valence-corrected chi connectivity index (χ4v) is 2.24. The highest BCUT2D eigenvalue weighted by Crippen LogP contribution is 2.24. The lowest BCUT2D eigenvalue weighted by Gasteiger charge is -2.09. The van der Waals surface area contributed by atoms with E-state index >= 15 is 0 Å². The molecule has 2 aromatic rings. The summed E-state index contributed by atoms with van der Waals surface area (Å²) >= 11 is 1.42. The summed E-state index contributed by atoms with van der Waals surface area (Å²) in [5.74, 6) is -0.708. The van der Waals surface area contributed by atoms with Gasteiger partial charge < -0.3 is 4.74 Å². The first-order valence-corrected chi connectivity index (χ1v) is 6.51. The molecule has 20 heavy (non-hydrogen) atoms. The lowest BCUT2D eigenvalue weighted by molar-refractivity contribution is -0.274. The molecule has 0 N–H and O–H groups in total. The van der Waals surface area contributed by atoms with E-state index in [9.17, 15) is 18.0 Å². The average Bonchev–Trinajstić information content (AvgIpc) is 2.73. The molecule has 0 fully saturated rings. The van der Waals surface area contributed by atoms with Gasteiger partial charge in [0.05, 0.1) is 17.1 Å². The SMILES string of the molecule is Cc1nc(CC(=O)c2cccc(OC(F)(F)F)c2)cs1. The number of Topliss-reactive ketones (excluding diaryl/α,β-unsaturated/α-hetero) is 1. The molecule has 0 saturated heterocycles. The van der Waals surface area contributed by atoms with E-state index in [1.54, 1.807) is 5.38 Å². The molecule has 0 aliphatic rings. The molecule has 0 atom stereocenters. The van der Waals surface area contributed by atoms with Gasteiger partial charge in [-0.3, -0.25) is 4.79 Å². The quantitative estimate of drug-likeness (QED) is 0.807. The van der Waals surface area contributed by atoms with Crippen LogP contribution < -0.4 is 4.74 Å². The average molecular weight is 301 g/mol. The molecule has 0 amide bonds. The first kappa shape index (κ1) is 14.5. The Kier molecular flexibility index (Phi) is 4.08. The minimum Gasteiger partial charge on any atom is -0.406 e. The molecule has 1 heterocycles. The number of aromatic nitrogens is 1. The fraction of sp³-hybridized carbons (Fsp3) is 0.231. The summed E-state index contributed by atoms with van der Waals surface area (Å²) in [4.78, 5) is 16.1. The largest absolute Gasteiger partial charge is 0.573 e. The van der Waals surface area contributed by atoms with Gasteiger partial charge in [0.25, 0.3) is 0 Å². The molecule has 0 aliphatic carbocycles. The zero-order valence-corrected chi connectivity index (χ0v) is 11.2. The van der Waals surface area contributed by atoms with Gasteiger partial charge >= 0.3 is 6.36 Å². The lowest BCUT2D eigenvalue weighted by atomic mass is 10.1. The Bertz CT molecular complexity index is 622. The number of carbonyl (C=O) groups excluding carboxylic acids is 1. The van der Waals surface area contributed by atoms with Crippen LogP contribution >= 0.6 is 11.3 Å². The van der Waals surface area contributed by atoms with Gasteiger partial charge in [-0.1, -0.05) is 12.1 Å². The van der Waals surface area contributed by atoms with Crippen LogP contribution in [0.3, 0.4) is 0 Å². The van der Waals surface area contributed by atoms with E-state index < -0.39 is 12.1 Å². The second kappa shape index (κ2) is 5.62. The van der Waals surface area contributed by atoms with E-state index in [1.807, 2.05) is 6.92 Å². The first-order valence-electron chi connectivity index (χ1n) is 5.63. The molecule has 0 saturated carbocycles. The molecular weight excluding hydrogens is 291 g/mol. The molecule has 3 nitrogen and oxygen atoms in total. The third-order valence-electron chi connectivity index (χ3n) is 2.40. The van der Waals surface area contributed by atoms with Crippen LogP contribution in [0.1, 0.15) is 21.1 Å². The lowest BCUT2D eigenvalue weighted by Crippen LogP contribution is -2.17. The number of benzene rings is 1. The minimum atomic E-state index is -4.77. The number of ketones is 1. The van der Waals surface area contributed by atoms with Gasteiger partial charge in [0.15, 0.2) is 5.78 Å². The molecule has 0 radical (unpaired) electrons. The predicted octanol–water partition coefficient (Wildman–Crippen LogP) is 3.78. The van der Waals surface area contributed by atoms with Gasteiger partial charge in [0.2, 0.25) is 0 Å². The van der Waals surface area contributed by atoms with Crippen molar-refractivity contribution >= 4 is 17.1 Å². The van der Waals surface area contributed by atoms with Crippen LogP contribution in [0, 0.1) is 6.92 Å². The van der Waals surface area contributed by atoms with Gasteiger partial charge in [-0.2, -0.15) is 0 Å². The standard InChI is InChI=1S/C13H10F3NO2S/c1-8-17-10(7-20-8)6-12(18)9-3-2-4-11(5-9)19-13(14,15)16/h2-5,7H,6H2,1H3. The molecule has 0 spiro atoms.